The molecule has 2 atom stereocenters. The third kappa shape index (κ3) is 4.53. The number of nitrogens with zero attached hydrogens (tertiary/aromatic N) is 2. The van der Waals surface area contributed by atoms with Crippen molar-refractivity contribution in [2.24, 2.45) is 5.92 Å². The van der Waals surface area contributed by atoms with E-state index in [1.165, 1.54) is 42.1 Å². The van der Waals surface area contributed by atoms with Gasteiger partial charge in [-0.15, -0.1) is 11.3 Å². The van der Waals surface area contributed by atoms with Gasteiger partial charge in [0.25, 0.3) is 0 Å². The highest BCUT2D eigenvalue weighted by molar-refractivity contribution is 7.11. The van der Waals surface area contributed by atoms with Crippen LogP contribution in [-0.4, -0.2) is 58.3 Å². The molecule has 128 valence electrons. The fraction of sp³-hybridized carbons (Fsp3) is 0.706. The van der Waals surface area contributed by atoms with Crippen LogP contribution in [0.3, 0.4) is 0 Å². The van der Waals surface area contributed by atoms with Gasteiger partial charge in [0.2, 0.25) is 0 Å². The molecule has 0 radical (unpaired) electrons. The summed E-state index contributed by atoms with van der Waals surface area (Å²) in [6.45, 7) is 5.46. The quantitative estimate of drug-likeness (QED) is 0.860. The molecule has 2 fully saturated rings. The summed E-state index contributed by atoms with van der Waals surface area (Å²) in [5.41, 5.74) is 0. The molecule has 5 nitrogen and oxygen atoms in total. The summed E-state index contributed by atoms with van der Waals surface area (Å²) in [6.07, 6.45) is 3.82. The second-order valence-corrected chi connectivity index (χ2v) is 7.99. The third-order valence-corrected chi connectivity index (χ3v) is 5.96. The highest BCUT2D eigenvalue weighted by Gasteiger charge is 2.33. The minimum atomic E-state index is -0.890. The van der Waals surface area contributed by atoms with Gasteiger partial charge in [-0.1, -0.05) is 6.42 Å². The molecular weight excluding hydrogens is 312 g/mol. The molecule has 0 aliphatic carbocycles. The van der Waals surface area contributed by atoms with Crippen molar-refractivity contribution in [1.82, 2.24) is 9.80 Å². The van der Waals surface area contributed by atoms with Crippen molar-refractivity contribution in [3.8, 4) is 0 Å². The molecule has 3 heterocycles. The van der Waals surface area contributed by atoms with Gasteiger partial charge in [-0.3, -0.25) is 14.6 Å². The highest BCUT2D eigenvalue weighted by Crippen LogP contribution is 2.24. The molecule has 23 heavy (non-hydrogen) atoms. The first-order valence-corrected chi connectivity index (χ1v) is 9.36. The van der Waals surface area contributed by atoms with E-state index in [0.717, 1.165) is 19.6 Å². The SMILES string of the molecule is O=C(O)[C@@H]1CN(Cc2ccc(CN3CCCCC3)s2)CC[C@H]1O. The molecule has 1 aromatic rings. The van der Waals surface area contributed by atoms with Crippen LogP contribution in [0.15, 0.2) is 12.1 Å². The molecule has 2 aliphatic heterocycles. The Bertz CT molecular complexity index is 528. The van der Waals surface area contributed by atoms with Crippen LogP contribution in [0, 0.1) is 5.92 Å². The summed E-state index contributed by atoms with van der Waals surface area (Å²) < 4.78 is 0. The van der Waals surface area contributed by atoms with E-state index >= 15 is 0 Å². The zero-order valence-electron chi connectivity index (χ0n) is 13.5. The van der Waals surface area contributed by atoms with Crippen molar-refractivity contribution in [1.29, 1.82) is 0 Å². The molecule has 2 N–H and O–H groups in total. The van der Waals surface area contributed by atoms with Gasteiger partial charge >= 0.3 is 5.97 Å². The Morgan fingerprint density at radius 1 is 1.09 bits per heavy atom. The molecule has 0 saturated carbocycles. The van der Waals surface area contributed by atoms with E-state index < -0.39 is 18.0 Å². The summed E-state index contributed by atoms with van der Waals surface area (Å²) in [4.78, 5) is 18.6. The Labute approximate surface area is 141 Å². The van der Waals surface area contributed by atoms with Crippen molar-refractivity contribution >= 4 is 17.3 Å². The largest absolute Gasteiger partial charge is 0.481 e. The van der Waals surface area contributed by atoms with Gasteiger partial charge < -0.3 is 10.2 Å². The van der Waals surface area contributed by atoms with E-state index in [2.05, 4.69) is 21.9 Å². The molecule has 2 aliphatic rings. The van der Waals surface area contributed by atoms with E-state index in [1.54, 1.807) is 0 Å². The Kier molecular flexibility index (Phi) is 5.69. The minimum absolute atomic E-state index is 0.440. The summed E-state index contributed by atoms with van der Waals surface area (Å²) in [5, 5.41) is 19.0. The van der Waals surface area contributed by atoms with Gasteiger partial charge in [0.05, 0.1) is 12.0 Å². The maximum atomic E-state index is 11.2. The number of carboxylic acids is 1. The molecule has 6 heteroatoms. The smallest absolute Gasteiger partial charge is 0.310 e. The number of aliphatic hydroxyl groups excluding tert-OH is 1. The Morgan fingerprint density at radius 3 is 2.39 bits per heavy atom. The van der Waals surface area contributed by atoms with Crippen LogP contribution >= 0.6 is 11.3 Å². The molecule has 1 aromatic heterocycles. The lowest BCUT2D eigenvalue weighted by Crippen LogP contribution is -2.46. The highest BCUT2D eigenvalue weighted by atomic mass is 32.1. The maximum Gasteiger partial charge on any atom is 0.310 e. The topological polar surface area (TPSA) is 64.0 Å². The lowest BCUT2D eigenvalue weighted by molar-refractivity contribution is -0.149. The van der Waals surface area contributed by atoms with Crippen LogP contribution in [0.2, 0.25) is 0 Å². The van der Waals surface area contributed by atoms with E-state index in [1.807, 2.05) is 11.3 Å². The van der Waals surface area contributed by atoms with Gasteiger partial charge in [0, 0.05) is 35.9 Å². The maximum absolute atomic E-state index is 11.2. The van der Waals surface area contributed by atoms with Crippen molar-refractivity contribution in [3.63, 3.8) is 0 Å². The van der Waals surface area contributed by atoms with Crippen molar-refractivity contribution in [3.05, 3.63) is 21.9 Å². The molecule has 0 bridgehead atoms. The first-order chi connectivity index (χ1) is 11.1. The minimum Gasteiger partial charge on any atom is -0.481 e. The number of carboxylic acid groups (broad SMARTS) is 1. The fourth-order valence-corrected chi connectivity index (χ4v) is 4.65. The predicted molar refractivity (Wildman–Crippen MR) is 90.5 cm³/mol. The van der Waals surface area contributed by atoms with Crippen LogP contribution in [0.1, 0.15) is 35.4 Å². The monoisotopic (exact) mass is 338 g/mol. The lowest BCUT2D eigenvalue weighted by Gasteiger charge is -2.33. The molecule has 0 amide bonds. The van der Waals surface area contributed by atoms with Gasteiger partial charge in [-0.05, 0) is 44.5 Å². The van der Waals surface area contributed by atoms with E-state index in [0.29, 0.717) is 13.0 Å². The van der Waals surface area contributed by atoms with Crippen LogP contribution in [0.25, 0.3) is 0 Å². The van der Waals surface area contributed by atoms with Crippen LogP contribution in [-0.2, 0) is 17.9 Å². The van der Waals surface area contributed by atoms with Crippen LogP contribution in [0.4, 0.5) is 0 Å². The Hall–Kier alpha value is -0.950. The molecule has 2 saturated heterocycles. The van der Waals surface area contributed by atoms with Crippen molar-refractivity contribution in [2.75, 3.05) is 26.2 Å². The second kappa shape index (κ2) is 7.75. The number of thiophene rings is 1. The summed E-state index contributed by atoms with van der Waals surface area (Å²) >= 11 is 1.84. The summed E-state index contributed by atoms with van der Waals surface area (Å²) in [6, 6.07) is 4.38. The average Bonchev–Trinajstić information content (AvgIpc) is 2.97. The number of rotatable bonds is 5. The standard InChI is InChI=1S/C17H26N2O3S/c20-16-6-9-19(12-15(16)17(21)22)11-14-5-4-13(23-14)10-18-7-2-1-3-8-18/h4-5,15-16,20H,1-3,6-12H2,(H,21,22)/t15-,16-/m1/s1. The molecular formula is C17H26N2O3S. The average molecular weight is 338 g/mol. The molecule has 0 aromatic carbocycles. The van der Waals surface area contributed by atoms with Gasteiger partial charge in [0.1, 0.15) is 0 Å². The van der Waals surface area contributed by atoms with Gasteiger partial charge in [-0.2, -0.15) is 0 Å². The van der Waals surface area contributed by atoms with Gasteiger partial charge in [-0.25, -0.2) is 0 Å². The van der Waals surface area contributed by atoms with Crippen molar-refractivity contribution < 1.29 is 15.0 Å². The van der Waals surface area contributed by atoms with Crippen molar-refractivity contribution in [2.45, 2.75) is 44.9 Å². The first kappa shape index (κ1) is 16.9. The third-order valence-electron chi connectivity index (χ3n) is 4.90. The Morgan fingerprint density at radius 2 is 1.74 bits per heavy atom. The van der Waals surface area contributed by atoms with Gasteiger partial charge in [0.15, 0.2) is 0 Å². The number of hydrogen-bond acceptors (Lipinski definition) is 5. The number of likely N-dealkylation sites (tertiary alicyclic amines) is 2. The molecule has 3 rings (SSSR count). The second-order valence-electron chi connectivity index (χ2n) is 6.74. The zero-order chi connectivity index (χ0) is 16.2. The summed E-state index contributed by atoms with van der Waals surface area (Å²) in [5.74, 6) is -1.55. The van der Waals surface area contributed by atoms with E-state index in [9.17, 15) is 15.0 Å². The van der Waals surface area contributed by atoms with Crippen LogP contribution < -0.4 is 0 Å². The summed E-state index contributed by atoms with van der Waals surface area (Å²) in [7, 11) is 0. The van der Waals surface area contributed by atoms with E-state index in [-0.39, 0.29) is 0 Å². The number of hydrogen-bond donors (Lipinski definition) is 2. The first-order valence-electron chi connectivity index (χ1n) is 8.55. The number of aliphatic hydroxyl groups is 1. The number of carbonyl (C=O) groups is 1. The predicted octanol–water partition coefficient (Wildman–Crippen LogP) is 2.00. The van der Waals surface area contributed by atoms with E-state index in [4.69, 9.17) is 0 Å². The van der Waals surface area contributed by atoms with Crippen LogP contribution in [0.5, 0.6) is 0 Å². The Balaban J connectivity index is 1.53. The number of aliphatic carboxylic acids is 1. The number of piperidine rings is 2. The zero-order valence-corrected chi connectivity index (χ0v) is 14.3. The normalized spacial score (nSPS) is 27.2. The molecule has 0 unspecified atom stereocenters. The lowest BCUT2D eigenvalue weighted by atomic mass is 9.95. The fourth-order valence-electron chi connectivity index (χ4n) is 3.54. The molecule has 0 spiro atoms.